The third kappa shape index (κ3) is 14000. The van der Waals surface area contributed by atoms with E-state index in [0.717, 1.165) is 6.92 Å². The number of halogens is 1. The first kappa shape index (κ1) is 15.8. The topological polar surface area (TPSA) is 37.3 Å². The van der Waals surface area contributed by atoms with Gasteiger partial charge in [-0.2, -0.15) is 7.18 Å². The molecular weight excluding hydrogens is 143 g/mol. The molecule has 0 atom stereocenters. The quantitative estimate of drug-likeness (QED) is 0.409. The Bertz CT molecular complexity index is 35.9. The molecule has 0 bridgehead atoms. The largest absolute Gasteiger partial charge is 0.481 e. The van der Waals surface area contributed by atoms with Gasteiger partial charge in [0, 0.05) is 24.0 Å². The summed E-state index contributed by atoms with van der Waals surface area (Å²) in [7, 11) is 1.75. The van der Waals surface area contributed by atoms with Crippen molar-refractivity contribution in [1.29, 1.82) is 0 Å². The molecule has 0 aromatic carbocycles. The fourth-order valence-corrected chi connectivity index (χ4v) is 0. The van der Waals surface area contributed by atoms with E-state index in [4.69, 9.17) is 9.90 Å². The van der Waals surface area contributed by atoms with Crippen LogP contribution in [0.2, 0.25) is 0 Å². The van der Waals surface area contributed by atoms with Crippen LogP contribution in [0, 0.1) is 7.18 Å². The molecule has 0 saturated heterocycles. The molecule has 0 unspecified atom stereocenters. The zero-order chi connectivity index (χ0) is 5.58. The van der Waals surface area contributed by atoms with Gasteiger partial charge in [-0.05, 0) is 0 Å². The van der Waals surface area contributed by atoms with Gasteiger partial charge in [0.2, 0.25) is 0 Å². The molecular formula is C3H6FFeO2-. The van der Waals surface area contributed by atoms with Gasteiger partial charge in [0.25, 0.3) is 5.97 Å². The molecule has 0 saturated carbocycles. The maximum atomic E-state index is 9.25. The number of hydrogen-bond acceptors (Lipinski definition) is 1. The number of carbonyl (C=O) groups is 1. The summed E-state index contributed by atoms with van der Waals surface area (Å²) in [6.45, 7) is 1.08. The standard InChI is InChI=1S/C2H4O2.CH2F.Fe/c1-2(3)4;1-2;/h1H3,(H,3,4);1H2;/q;-1;. The van der Waals surface area contributed by atoms with Crippen molar-refractivity contribution in [3.63, 3.8) is 0 Å². The molecule has 4 heteroatoms. The van der Waals surface area contributed by atoms with Gasteiger partial charge in [-0.3, -0.25) is 4.79 Å². The molecule has 1 N–H and O–H groups in total. The minimum absolute atomic E-state index is 0. The Morgan fingerprint density at radius 1 is 1.71 bits per heavy atom. The second-order valence-electron chi connectivity index (χ2n) is 0.519. The molecule has 7 heavy (non-hydrogen) atoms. The van der Waals surface area contributed by atoms with Crippen LogP contribution >= 0.6 is 0 Å². The van der Waals surface area contributed by atoms with Crippen molar-refractivity contribution in [2.75, 3.05) is 0 Å². The van der Waals surface area contributed by atoms with Gasteiger partial charge < -0.3 is 9.50 Å². The summed E-state index contributed by atoms with van der Waals surface area (Å²) in [5.41, 5.74) is 0. The predicted molar refractivity (Wildman–Crippen MR) is 19.8 cm³/mol. The van der Waals surface area contributed by atoms with Gasteiger partial charge in [0.15, 0.2) is 0 Å². The smallest absolute Gasteiger partial charge is 0.300 e. The molecule has 0 spiro atoms. The molecule has 46 valence electrons. The van der Waals surface area contributed by atoms with E-state index in [9.17, 15) is 4.39 Å². The van der Waals surface area contributed by atoms with Crippen LogP contribution in [0.3, 0.4) is 0 Å². The molecule has 0 fully saturated rings. The summed E-state index contributed by atoms with van der Waals surface area (Å²) in [6.07, 6.45) is 0. The maximum Gasteiger partial charge on any atom is 0.300 e. The predicted octanol–water partition coefficient (Wildman–Crippen LogP) is 0.836. The molecule has 0 aliphatic rings. The second-order valence-corrected chi connectivity index (χ2v) is 0.519. The van der Waals surface area contributed by atoms with E-state index in [2.05, 4.69) is 0 Å². The Balaban J connectivity index is -0.0000000480. The van der Waals surface area contributed by atoms with Gasteiger partial charge >= 0.3 is 0 Å². The van der Waals surface area contributed by atoms with E-state index in [1.54, 1.807) is 7.18 Å². The van der Waals surface area contributed by atoms with Crippen molar-refractivity contribution >= 4 is 5.97 Å². The van der Waals surface area contributed by atoms with Crippen molar-refractivity contribution in [3.05, 3.63) is 7.18 Å². The zero-order valence-electron chi connectivity index (χ0n) is 3.79. The van der Waals surface area contributed by atoms with E-state index in [0.29, 0.717) is 0 Å². The summed E-state index contributed by atoms with van der Waals surface area (Å²) >= 11 is 0. The third-order valence-electron chi connectivity index (χ3n) is 0. The van der Waals surface area contributed by atoms with Crippen molar-refractivity contribution in [2.45, 2.75) is 6.92 Å². The van der Waals surface area contributed by atoms with Crippen molar-refractivity contribution < 1.29 is 31.4 Å². The average Bonchev–Trinajstić information content (AvgIpc) is 1.41. The first-order chi connectivity index (χ1) is 2.73. The molecule has 0 amide bonds. The minimum Gasteiger partial charge on any atom is -0.481 e. The monoisotopic (exact) mass is 149 g/mol. The zero-order valence-corrected chi connectivity index (χ0v) is 4.90. The summed E-state index contributed by atoms with van der Waals surface area (Å²) in [5, 5.41) is 7.42. The summed E-state index contributed by atoms with van der Waals surface area (Å²) < 4.78 is 9.25. The van der Waals surface area contributed by atoms with Crippen LogP contribution in [-0.2, 0) is 21.9 Å². The van der Waals surface area contributed by atoms with Crippen LogP contribution in [0.25, 0.3) is 0 Å². The first-order valence-electron chi connectivity index (χ1n) is 1.19. The van der Waals surface area contributed by atoms with Gasteiger partial charge in [-0.15, -0.1) is 0 Å². The number of rotatable bonds is 0. The van der Waals surface area contributed by atoms with Crippen LogP contribution < -0.4 is 0 Å². The second kappa shape index (κ2) is 16.8. The molecule has 0 aromatic heterocycles. The average molecular weight is 149 g/mol. The van der Waals surface area contributed by atoms with Gasteiger partial charge in [0.1, 0.15) is 0 Å². The molecule has 2 nitrogen and oxygen atoms in total. The first-order valence-corrected chi connectivity index (χ1v) is 1.19. The summed E-state index contributed by atoms with van der Waals surface area (Å²) in [6, 6.07) is 0. The van der Waals surface area contributed by atoms with Crippen LogP contribution in [0.5, 0.6) is 0 Å². The minimum atomic E-state index is -0.833. The van der Waals surface area contributed by atoms with Crippen molar-refractivity contribution in [2.24, 2.45) is 0 Å². The molecule has 0 aliphatic heterocycles. The number of hydrogen-bond donors (Lipinski definition) is 1. The molecule has 0 heterocycles. The van der Waals surface area contributed by atoms with Crippen LogP contribution in [0.4, 0.5) is 4.39 Å². The SMILES string of the molecule is CC(=O)O.[CH2-]F.[Fe]. The van der Waals surface area contributed by atoms with Crippen LogP contribution in [0.1, 0.15) is 6.92 Å². The fraction of sp³-hybridized carbons (Fsp3) is 0.333. The number of carboxylic acids is 1. The van der Waals surface area contributed by atoms with E-state index < -0.39 is 5.97 Å². The fourth-order valence-electron chi connectivity index (χ4n) is 0. The normalized spacial score (nSPS) is 4.43. The Hall–Kier alpha value is -0.0805. The number of aliphatic carboxylic acids is 1. The van der Waals surface area contributed by atoms with E-state index in [-0.39, 0.29) is 17.1 Å². The van der Waals surface area contributed by atoms with Crippen molar-refractivity contribution in [1.82, 2.24) is 0 Å². The number of carboxylic acid groups (broad SMARTS) is 1. The molecule has 0 radical (unpaired) electrons. The summed E-state index contributed by atoms with van der Waals surface area (Å²) in [5.74, 6) is -0.833. The van der Waals surface area contributed by atoms with Gasteiger partial charge in [0.05, 0.1) is 0 Å². The van der Waals surface area contributed by atoms with Crippen LogP contribution in [-0.4, -0.2) is 11.1 Å². The Kier molecular flexibility index (Phi) is 37.9. The Morgan fingerprint density at radius 3 is 1.71 bits per heavy atom. The van der Waals surface area contributed by atoms with E-state index >= 15 is 0 Å². The van der Waals surface area contributed by atoms with Crippen molar-refractivity contribution in [3.8, 4) is 0 Å². The van der Waals surface area contributed by atoms with E-state index in [1.807, 2.05) is 0 Å². The van der Waals surface area contributed by atoms with Gasteiger partial charge in [-0.1, -0.05) is 0 Å². The van der Waals surface area contributed by atoms with Gasteiger partial charge in [-0.25, -0.2) is 0 Å². The Morgan fingerprint density at radius 2 is 1.71 bits per heavy atom. The molecule has 0 rings (SSSR count). The maximum absolute atomic E-state index is 9.25. The summed E-state index contributed by atoms with van der Waals surface area (Å²) in [4.78, 5) is 9.00. The Labute approximate surface area is 52.2 Å². The molecule has 0 aromatic rings. The molecule has 0 aliphatic carbocycles. The third-order valence-corrected chi connectivity index (χ3v) is 0. The van der Waals surface area contributed by atoms with Crippen LogP contribution in [0.15, 0.2) is 0 Å². The van der Waals surface area contributed by atoms with E-state index in [1.165, 1.54) is 0 Å².